The van der Waals surface area contributed by atoms with Crippen molar-refractivity contribution in [1.82, 2.24) is 0 Å². The third kappa shape index (κ3) is 3.40. The second kappa shape index (κ2) is 4.29. The molecule has 0 aromatic carbocycles. The van der Waals surface area contributed by atoms with Gasteiger partial charge in [-0.15, -0.1) is 8.58 Å². The van der Waals surface area contributed by atoms with Crippen LogP contribution in [-0.4, -0.2) is 17.9 Å². The van der Waals surface area contributed by atoms with Gasteiger partial charge >= 0.3 is 0 Å². The summed E-state index contributed by atoms with van der Waals surface area (Å²) in [6, 6.07) is 0.383. The van der Waals surface area contributed by atoms with Crippen LogP contribution in [0.25, 0.3) is 0 Å². The van der Waals surface area contributed by atoms with E-state index < -0.39 is 0 Å². The number of hydrogen-bond acceptors (Lipinski definition) is 1. The molecule has 0 heterocycles. The Morgan fingerprint density at radius 3 is 2.12 bits per heavy atom. The second-order valence-corrected chi connectivity index (χ2v) is 4.23. The molecule has 0 bridgehead atoms. The lowest BCUT2D eigenvalue weighted by Gasteiger charge is -2.13. The highest BCUT2D eigenvalue weighted by Gasteiger charge is 2.03. The first-order valence-corrected chi connectivity index (χ1v) is 4.46. The van der Waals surface area contributed by atoms with Crippen LogP contribution in [0.1, 0.15) is 20.8 Å². The minimum absolute atomic E-state index is 0.383. The molecule has 0 aliphatic rings. The molecule has 0 fully saturated rings. The molecule has 0 amide bonds. The molecule has 0 aromatic rings. The van der Waals surface area contributed by atoms with E-state index in [2.05, 4.69) is 20.8 Å². The fourth-order valence-corrected chi connectivity index (χ4v) is 1.52. The predicted molar refractivity (Wildman–Crippen MR) is 42.0 cm³/mol. The first-order valence-electron chi connectivity index (χ1n) is 3.17. The van der Waals surface area contributed by atoms with Gasteiger partial charge in [0, 0.05) is 6.04 Å². The van der Waals surface area contributed by atoms with E-state index in [9.17, 15) is 0 Å². The van der Waals surface area contributed by atoms with Crippen molar-refractivity contribution in [3.63, 3.8) is 0 Å². The highest BCUT2D eigenvalue weighted by atomic mass is 31.1. The van der Waals surface area contributed by atoms with Gasteiger partial charge in [-0.25, -0.2) is 0 Å². The number of rotatable bonds is 3. The molecular formula is C6H16NP. The third-order valence-electron chi connectivity index (χ3n) is 1.31. The van der Waals surface area contributed by atoms with Crippen LogP contribution in [0.5, 0.6) is 0 Å². The van der Waals surface area contributed by atoms with Crippen molar-refractivity contribution < 1.29 is 0 Å². The monoisotopic (exact) mass is 133 g/mol. The molecule has 0 saturated heterocycles. The topological polar surface area (TPSA) is 26.0 Å². The zero-order valence-corrected chi connectivity index (χ0v) is 6.94. The molecule has 2 N–H and O–H groups in total. The zero-order chi connectivity index (χ0) is 6.57. The lowest BCUT2D eigenvalue weighted by molar-refractivity contribution is 0.726. The SMILES string of the molecule is CCPC(C)C(C)N. The second-order valence-electron chi connectivity index (χ2n) is 2.21. The Labute approximate surface area is 53.8 Å². The Kier molecular flexibility index (Phi) is 4.50. The summed E-state index contributed by atoms with van der Waals surface area (Å²) in [4.78, 5) is 0. The van der Waals surface area contributed by atoms with Crippen LogP contribution in [0, 0.1) is 0 Å². The van der Waals surface area contributed by atoms with Crippen LogP contribution >= 0.6 is 8.58 Å². The van der Waals surface area contributed by atoms with Gasteiger partial charge < -0.3 is 5.73 Å². The first-order chi connectivity index (χ1) is 3.68. The lowest BCUT2D eigenvalue weighted by Crippen LogP contribution is -2.25. The molecular weight excluding hydrogens is 117 g/mol. The van der Waals surface area contributed by atoms with Crippen molar-refractivity contribution in [3.8, 4) is 0 Å². The zero-order valence-electron chi connectivity index (χ0n) is 5.94. The molecule has 3 atom stereocenters. The van der Waals surface area contributed by atoms with E-state index in [1.54, 1.807) is 0 Å². The Bertz CT molecular complexity index is 54.5. The van der Waals surface area contributed by atoms with E-state index in [-0.39, 0.29) is 0 Å². The van der Waals surface area contributed by atoms with E-state index >= 15 is 0 Å². The van der Waals surface area contributed by atoms with Crippen LogP contribution in [0.15, 0.2) is 0 Å². The van der Waals surface area contributed by atoms with Gasteiger partial charge in [0.2, 0.25) is 0 Å². The maximum Gasteiger partial charge on any atom is 0.00731 e. The largest absolute Gasteiger partial charge is 0.327 e. The summed E-state index contributed by atoms with van der Waals surface area (Å²) in [5.41, 5.74) is 6.35. The summed E-state index contributed by atoms with van der Waals surface area (Å²) < 4.78 is 0. The molecule has 3 unspecified atom stereocenters. The van der Waals surface area contributed by atoms with Gasteiger partial charge in [0.05, 0.1) is 0 Å². The Morgan fingerprint density at radius 2 is 2.00 bits per heavy atom. The molecule has 0 aliphatic carbocycles. The third-order valence-corrected chi connectivity index (χ3v) is 2.89. The van der Waals surface area contributed by atoms with E-state index in [0.29, 0.717) is 6.04 Å². The summed E-state index contributed by atoms with van der Waals surface area (Å²) >= 11 is 0. The van der Waals surface area contributed by atoms with Crippen molar-refractivity contribution in [2.75, 3.05) is 6.16 Å². The summed E-state index contributed by atoms with van der Waals surface area (Å²) in [5.74, 6) is 0. The summed E-state index contributed by atoms with van der Waals surface area (Å²) in [7, 11) is 1.04. The van der Waals surface area contributed by atoms with Gasteiger partial charge in [-0.1, -0.05) is 13.8 Å². The van der Waals surface area contributed by atoms with Crippen molar-refractivity contribution in [2.24, 2.45) is 5.73 Å². The van der Waals surface area contributed by atoms with Gasteiger partial charge in [0.1, 0.15) is 0 Å². The summed E-state index contributed by atoms with van der Waals surface area (Å²) in [6.07, 6.45) is 1.28. The first kappa shape index (κ1) is 8.39. The van der Waals surface area contributed by atoms with Crippen LogP contribution in [0.3, 0.4) is 0 Å². The lowest BCUT2D eigenvalue weighted by atomic mass is 10.3. The van der Waals surface area contributed by atoms with Crippen LogP contribution < -0.4 is 5.73 Å². The maximum absolute atomic E-state index is 5.63. The van der Waals surface area contributed by atoms with Gasteiger partial charge in [0.15, 0.2) is 0 Å². The Hall–Kier alpha value is 0.390. The van der Waals surface area contributed by atoms with E-state index in [4.69, 9.17) is 5.73 Å². The fourth-order valence-electron chi connectivity index (χ4n) is 0.508. The minimum Gasteiger partial charge on any atom is -0.327 e. The van der Waals surface area contributed by atoms with Gasteiger partial charge in [-0.3, -0.25) is 0 Å². The van der Waals surface area contributed by atoms with Crippen LogP contribution in [-0.2, 0) is 0 Å². The number of nitrogens with two attached hydrogens (primary N) is 1. The van der Waals surface area contributed by atoms with Crippen LogP contribution in [0.4, 0.5) is 0 Å². The molecule has 0 aliphatic heterocycles. The molecule has 8 heavy (non-hydrogen) atoms. The average Bonchev–Trinajstić information content (AvgIpc) is 1.67. The van der Waals surface area contributed by atoms with Crippen molar-refractivity contribution in [2.45, 2.75) is 32.5 Å². The minimum atomic E-state index is 0.383. The standard InChI is InChI=1S/C6H16NP/c1-4-8-6(3)5(2)7/h5-6,8H,4,7H2,1-3H3. The molecule has 0 spiro atoms. The quantitative estimate of drug-likeness (QED) is 0.579. The van der Waals surface area contributed by atoms with Gasteiger partial charge in [0.25, 0.3) is 0 Å². The summed E-state index contributed by atoms with van der Waals surface area (Å²) in [6.45, 7) is 6.50. The van der Waals surface area contributed by atoms with Gasteiger partial charge in [-0.05, 0) is 18.7 Å². The highest BCUT2D eigenvalue weighted by Crippen LogP contribution is 2.18. The van der Waals surface area contributed by atoms with E-state index in [1.807, 2.05) is 0 Å². The van der Waals surface area contributed by atoms with Crippen molar-refractivity contribution >= 4 is 8.58 Å². The molecule has 0 rings (SSSR count). The smallest absolute Gasteiger partial charge is 0.00731 e. The average molecular weight is 133 g/mol. The predicted octanol–water partition coefficient (Wildman–Crippen LogP) is 1.42. The normalized spacial score (nSPS) is 19.5. The molecule has 2 heteroatoms. The maximum atomic E-state index is 5.63. The molecule has 0 radical (unpaired) electrons. The molecule has 1 nitrogen and oxygen atoms in total. The summed E-state index contributed by atoms with van der Waals surface area (Å²) in [5, 5.41) is 0. The Balaban J connectivity index is 3.17. The van der Waals surface area contributed by atoms with Crippen molar-refractivity contribution in [1.29, 1.82) is 0 Å². The van der Waals surface area contributed by atoms with Gasteiger partial charge in [-0.2, -0.15) is 0 Å². The van der Waals surface area contributed by atoms with E-state index in [0.717, 1.165) is 14.2 Å². The fraction of sp³-hybridized carbons (Fsp3) is 1.00. The Morgan fingerprint density at radius 1 is 1.50 bits per heavy atom. The number of hydrogen-bond donors (Lipinski definition) is 1. The van der Waals surface area contributed by atoms with Crippen LogP contribution in [0.2, 0.25) is 0 Å². The molecule has 50 valence electrons. The highest BCUT2D eigenvalue weighted by molar-refractivity contribution is 7.38. The van der Waals surface area contributed by atoms with E-state index in [1.165, 1.54) is 6.16 Å². The van der Waals surface area contributed by atoms with Crippen molar-refractivity contribution in [3.05, 3.63) is 0 Å². The molecule has 0 aromatic heterocycles. The molecule has 0 saturated carbocycles.